The van der Waals surface area contributed by atoms with Gasteiger partial charge in [-0.05, 0) is 0 Å². The van der Waals surface area contributed by atoms with Crippen molar-refractivity contribution in [3.8, 4) is 0 Å². The van der Waals surface area contributed by atoms with Crippen LogP contribution in [0.1, 0.15) is 43.4 Å². The topological polar surface area (TPSA) is 0 Å². The van der Waals surface area contributed by atoms with Crippen molar-refractivity contribution in [2.24, 2.45) is 0 Å². The van der Waals surface area contributed by atoms with Gasteiger partial charge < -0.3 is 2.85 Å². The summed E-state index contributed by atoms with van der Waals surface area (Å²) in [5, 5.41) is 0. The van der Waals surface area contributed by atoms with Gasteiger partial charge in [-0.1, -0.05) is 0 Å². The van der Waals surface area contributed by atoms with Gasteiger partial charge in [-0.3, -0.25) is 0 Å². The van der Waals surface area contributed by atoms with Crippen LogP contribution in [0.2, 0.25) is 13.1 Å². The molecule has 0 nitrogen and oxygen atoms in total. The smallest absolute Gasteiger partial charge is 1.00 e. The van der Waals surface area contributed by atoms with Crippen LogP contribution >= 0.6 is 0 Å². The maximum atomic E-state index is 2.59. The Morgan fingerprint density at radius 2 is 1.28 bits per heavy atom. The van der Waals surface area contributed by atoms with Gasteiger partial charge in [0.15, 0.2) is 0 Å². The molecule has 0 fully saturated rings. The monoisotopic (exact) mass is 337 g/mol. The molecule has 2 rings (SSSR count). The summed E-state index contributed by atoms with van der Waals surface area (Å²) in [6, 6.07) is 0. The minimum Gasteiger partial charge on any atom is -1.00 e. The van der Waals surface area contributed by atoms with Crippen molar-refractivity contribution in [1.29, 1.82) is 0 Å². The van der Waals surface area contributed by atoms with Gasteiger partial charge >= 0.3 is 121 Å². The van der Waals surface area contributed by atoms with Gasteiger partial charge in [0.1, 0.15) is 0 Å². The zero-order valence-corrected chi connectivity index (χ0v) is 16.3. The van der Waals surface area contributed by atoms with Crippen molar-refractivity contribution < 1.29 is 23.8 Å². The Morgan fingerprint density at radius 3 is 1.50 bits per heavy atom. The van der Waals surface area contributed by atoms with Crippen molar-refractivity contribution in [2.75, 3.05) is 0 Å². The van der Waals surface area contributed by atoms with E-state index in [2.05, 4.69) is 52.9 Å². The summed E-state index contributed by atoms with van der Waals surface area (Å²) in [5.41, 5.74) is 6.43. The average molecular weight is 339 g/mol. The third kappa shape index (κ3) is 2.51. The molecule has 0 aromatic heterocycles. The first-order chi connectivity index (χ1) is 8.43. The molecule has 0 spiro atoms. The molecule has 2 aliphatic carbocycles. The SMILES string of the molecule is CC1=CC[C]([Zr+2]([C]2=C(C)C(C)=CC2)[SiH](C)C)=C1C.[H-].[H-]. The van der Waals surface area contributed by atoms with E-state index < -0.39 is 26.8 Å². The van der Waals surface area contributed by atoms with E-state index in [0.29, 0.717) is 0 Å². The molecule has 0 saturated carbocycles. The van der Waals surface area contributed by atoms with Crippen LogP contribution in [0.5, 0.6) is 0 Å². The number of allylic oxidation sites excluding steroid dienone is 8. The Balaban J connectivity index is 0.00000180. The molecule has 0 amide bonds. The molecule has 0 bridgehead atoms. The summed E-state index contributed by atoms with van der Waals surface area (Å²) in [6.07, 6.45) is 7.50. The van der Waals surface area contributed by atoms with Crippen molar-refractivity contribution in [3.63, 3.8) is 0 Å². The summed E-state index contributed by atoms with van der Waals surface area (Å²) in [7, 11) is 0. The van der Waals surface area contributed by atoms with Crippen molar-refractivity contribution in [2.45, 2.75) is 53.6 Å². The second kappa shape index (κ2) is 5.59. The average Bonchev–Trinajstić information content (AvgIpc) is 2.79. The molecular weight excluding hydrogens is 311 g/mol. The van der Waals surface area contributed by atoms with Crippen LogP contribution in [0.15, 0.2) is 41.0 Å². The van der Waals surface area contributed by atoms with E-state index in [-0.39, 0.29) is 2.85 Å². The van der Waals surface area contributed by atoms with E-state index in [0.717, 1.165) is 0 Å². The minimum atomic E-state index is -1.47. The molecule has 0 aromatic carbocycles. The molecule has 0 aliphatic heterocycles. The fourth-order valence-corrected chi connectivity index (χ4v) is 24.2. The van der Waals surface area contributed by atoms with E-state index in [4.69, 9.17) is 0 Å². The molecule has 0 N–H and O–H groups in total. The third-order valence-corrected chi connectivity index (χ3v) is 24.4. The molecule has 0 unspecified atom stereocenters. The predicted molar refractivity (Wildman–Crippen MR) is 83.2 cm³/mol. The summed E-state index contributed by atoms with van der Waals surface area (Å²) in [6.45, 7) is 14.5. The second-order valence-electron chi connectivity index (χ2n) is 5.96. The van der Waals surface area contributed by atoms with E-state index in [9.17, 15) is 0 Å². The molecule has 18 heavy (non-hydrogen) atoms. The van der Waals surface area contributed by atoms with E-state index in [1.807, 2.05) is 6.56 Å². The molecule has 0 heterocycles. The van der Waals surface area contributed by atoms with Crippen LogP contribution in [0.3, 0.4) is 0 Å². The quantitative estimate of drug-likeness (QED) is 0.631. The number of hydrogen-bond acceptors (Lipinski definition) is 0. The van der Waals surface area contributed by atoms with Crippen LogP contribution < -0.4 is 0 Å². The largest absolute Gasteiger partial charge is 1.00 e. The van der Waals surface area contributed by atoms with Gasteiger partial charge in [0.2, 0.25) is 0 Å². The van der Waals surface area contributed by atoms with Gasteiger partial charge in [0, 0.05) is 0 Å². The number of hydrogen-bond donors (Lipinski definition) is 0. The minimum absolute atomic E-state index is 0. The van der Waals surface area contributed by atoms with Gasteiger partial charge in [-0.2, -0.15) is 0 Å². The first-order valence-corrected chi connectivity index (χ1v) is 16.6. The molecule has 0 saturated heterocycles. The zero-order chi connectivity index (χ0) is 13.4. The van der Waals surface area contributed by atoms with Crippen LogP contribution in [-0.4, -0.2) is 5.92 Å². The molecule has 0 atom stereocenters. The number of rotatable bonds is 3. The molecule has 0 aromatic rings. The van der Waals surface area contributed by atoms with Crippen LogP contribution in [0, 0.1) is 0 Å². The van der Waals surface area contributed by atoms with Crippen LogP contribution in [0.4, 0.5) is 0 Å². The Hall–Kier alpha value is 0.0600. The van der Waals surface area contributed by atoms with Gasteiger partial charge in [-0.15, -0.1) is 0 Å². The standard InChI is InChI=1S/2C7H9.C2H7Si.Zr.2H/c2*1-6-4-3-5-7(6)2;1-3-2;;;/h2*4H,3H2,1-2H3;3H,1-2H3;;;/q;;;+2;2*-1. The Bertz CT molecular complexity index is 457. The first kappa shape index (κ1) is 14.5. The van der Waals surface area contributed by atoms with E-state index in [1.165, 1.54) is 12.8 Å². The fraction of sp³-hybridized carbons (Fsp3) is 0.500. The van der Waals surface area contributed by atoms with Crippen LogP contribution in [0.25, 0.3) is 0 Å². The fourth-order valence-electron chi connectivity index (χ4n) is 3.10. The third-order valence-electron chi connectivity index (χ3n) is 4.54. The molecule has 2 heteroatoms. The molecule has 0 radical (unpaired) electrons. The van der Waals surface area contributed by atoms with Crippen molar-refractivity contribution >= 4 is 5.92 Å². The van der Waals surface area contributed by atoms with Gasteiger partial charge in [-0.25, -0.2) is 0 Å². The second-order valence-corrected chi connectivity index (χ2v) is 25.2. The molecule has 99 valence electrons. The molecule has 2 aliphatic rings. The first-order valence-electron chi connectivity index (χ1n) is 7.04. The maximum Gasteiger partial charge on any atom is -1.00 e. The van der Waals surface area contributed by atoms with Crippen LogP contribution in [-0.2, 0) is 20.9 Å². The summed E-state index contributed by atoms with van der Waals surface area (Å²) in [4.78, 5) is 0. The Morgan fingerprint density at radius 1 is 0.889 bits per heavy atom. The summed E-state index contributed by atoms with van der Waals surface area (Å²) in [5.74, 6) is -0.509. The Kier molecular flexibility index (Phi) is 4.49. The zero-order valence-electron chi connectivity index (χ0n) is 14.6. The van der Waals surface area contributed by atoms with Crippen molar-refractivity contribution in [3.05, 3.63) is 41.0 Å². The van der Waals surface area contributed by atoms with E-state index in [1.54, 1.807) is 22.3 Å². The summed E-state index contributed by atoms with van der Waals surface area (Å²) >= 11 is -1.47. The van der Waals surface area contributed by atoms with Gasteiger partial charge in [0.25, 0.3) is 0 Å². The molecular formula is C16H27SiZr. The maximum absolute atomic E-state index is 2.59. The van der Waals surface area contributed by atoms with Gasteiger partial charge in [0.05, 0.1) is 0 Å². The van der Waals surface area contributed by atoms with E-state index >= 15 is 0 Å². The summed E-state index contributed by atoms with van der Waals surface area (Å²) < 4.78 is 3.85. The normalized spacial score (nSPS) is 19.9. The van der Waals surface area contributed by atoms with Crippen molar-refractivity contribution in [1.82, 2.24) is 0 Å². The predicted octanol–water partition coefficient (Wildman–Crippen LogP) is 5.06. The Labute approximate surface area is 124 Å².